The smallest absolute Gasteiger partial charge is 0.331 e. The number of hydrogen-bond acceptors (Lipinski definition) is 5. The molecule has 0 aliphatic carbocycles. The normalized spacial score (nSPS) is 10.8. The number of Topliss-reactive ketones (excluding diaryl/α,β-unsaturated/α-hetero) is 1. The molecule has 0 spiro atoms. The molecule has 0 radical (unpaired) electrons. The third kappa shape index (κ3) is 4.13. The Morgan fingerprint density at radius 1 is 1.04 bits per heavy atom. The van der Waals surface area contributed by atoms with Gasteiger partial charge in [0.05, 0.1) is 12.6 Å². The van der Waals surface area contributed by atoms with Crippen LogP contribution in [-0.4, -0.2) is 30.5 Å². The van der Waals surface area contributed by atoms with Crippen LogP contribution in [-0.2, 0) is 9.53 Å². The highest BCUT2D eigenvalue weighted by molar-refractivity contribution is 5.99. The van der Waals surface area contributed by atoms with E-state index in [4.69, 9.17) is 9.47 Å². The van der Waals surface area contributed by atoms with Crippen molar-refractivity contribution in [3.63, 3.8) is 0 Å². The molecule has 0 aliphatic heterocycles. The van der Waals surface area contributed by atoms with E-state index in [0.29, 0.717) is 11.3 Å². The zero-order valence-corrected chi connectivity index (χ0v) is 14.2. The molecule has 0 aliphatic rings. The van der Waals surface area contributed by atoms with Gasteiger partial charge in [0.15, 0.2) is 12.4 Å². The maximum Gasteiger partial charge on any atom is 0.331 e. The average Bonchev–Trinajstić information content (AvgIpc) is 2.70. The number of carbonyl (C=O) groups is 2. The first kappa shape index (κ1) is 17.4. The molecule has 3 aromatic rings. The Morgan fingerprint density at radius 3 is 2.58 bits per heavy atom. The van der Waals surface area contributed by atoms with Crippen LogP contribution in [0.2, 0.25) is 0 Å². The summed E-state index contributed by atoms with van der Waals surface area (Å²) in [6.07, 6.45) is 4.63. The summed E-state index contributed by atoms with van der Waals surface area (Å²) >= 11 is 0. The number of ether oxygens (including phenoxy) is 2. The highest BCUT2D eigenvalue weighted by Crippen LogP contribution is 2.17. The van der Waals surface area contributed by atoms with Gasteiger partial charge in [-0.3, -0.25) is 9.78 Å². The average molecular weight is 347 g/mol. The predicted molar refractivity (Wildman–Crippen MR) is 99.1 cm³/mol. The number of fused-ring (bicyclic) bond motifs is 1. The first-order valence-electron chi connectivity index (χ1n) is 8.03. The number of carbonyl (C=O) groups excluding carboxylic acids is 2. The number of pyridine rings is 1. The molecule has 0 fully saturated rings. The van der Waals surface area contributed by atoms with Gasteiger partial charge in [-0.25, -0.2) is 4.79 Å². The van der Waals surface area contributed by atoms with Gasteiger partial charge in [0.2, 0.25) is 0 Å². The van der Waals surface area contributed by atoms with Gasteiger partial charge >= 0.3 is 5.97 Å². The molecule has 0 N–H and O–H groups in total. The quantitative estimate of drug-likeness (QED) is 0.387. The molecule has 130 valence electrons. The summed E-state index contributed by atoms with van der Waals surface area (Å²) in [6, 6.07) is 16.1. The molecule has 5 heteroatoms. The van der Waals surface area contributed by atoms with Crippen LogP contribution in [0, 0.1) is 0 Å². The maximum atomic E-state index is 12.0. The van der Waals surface area contributed by atoms with Gasteiger partial charge in [-0.1, -0.05) is 24.3 Å². The van der Waals surface area contributed by atoms with Crippen LogP contribution in [0.5, 0.6) is 5.75 Å². The Bertz CT molecular complexity index is 956. The van der Waals surface area contributed by atoms with Crippen LogP contribution < -0.4 is 4.74 Å². The van der Waals surface area contributed by atoms with E-state index in [9.17, 15) is 9.59 Å². The minimum Gasteiger partial charge on any atom is -0.497 e. The van der Waals surface area contributed by atoms with E-state index in [0.717, 1.165) is 16.5 Å². The highest BCUT2D eigenvalue weighted by atomic mass is 16.5. The van der Waals surface area contributed by atoms with Crippen molar-refractivity contribution >= 4 is 28.7 Å². The summed E-state index contributed by atoms with van der Waals surface area (Å²) in [6.45, 7) is -0.316. The van der Waals surface area contributed by atoms with Crippen molar-refractivity contribution in [1.82, 2.24) is 4.98 Å². The number of nitrogens with zero attached hydrogens (tertiary/aromatic N) is 1. The zero-order valence-electron chi connectivity index (χ0n) is 14.2. The molecule has 1 heterocycles. The van der Waals surface area contributed by atoms with Gasteiger partial charge in [0, 0.05) is 28.8 Å². The Hall–Kier alpha value is -3.47. The van der Waals surface area contributed by atoms with Crippen LogP contribution in [0.15, 0.2) is 66.9 Å². The monoisotopic (exact) mass is 347 g/mol. The fourth-order valence-electron chi connectivity index (χ4n) is 2.47. The molecule has 3 rings (SSSR count). The Morgan fingerprint density at radius 2 is 1.81 bits per heavy atom. The first-order valence-corrected chi connectivity index (χ1v) is 8.03. The summed E-state index contributed by atoms with van der Waals surface area (Å²) in [7, 11) is 1.55. The predicted octanol–water partition coefficient (Wildman–Crippen LogP) is 3.68. The van der Waals surface area contributed by atoms with Crippen molar-refractivity contribution < 1.29 is 19.1 Å². The Balaban J connectivity index is 1.61. The number of methoxy groups -OCH3 is 1. The van der Waals surface area contributed by atoms with Gasteiger partial charge < -0.3 is 9.47 Å². The molecular formula is C21H17NO4. The van der Waals surface area contributed by atoms with Crippen molar-refractivity contribution in [1.29, 1.82) is 0 Å². The second-order valence-corrected chi connectivity index (χ2v) is 5.52. The number of para-hydroxylation sites is 1. The molecule has 26 heavy (non-hydrogen) atoms. The van der Waals surface area contributed by atoms with Crippen LogP contribution in [0.3, 0.4) is 0 Å². The second kappa shape index (κ2) is 8.07. The Labute approximate surface area is 150 Å². The van der Waals surface area contributed by atoms with Gasteiger partial charge in [0.25, 0.3) is 0 Å². The lowest BCUT2D eigenvalue weighted by Gasteiger charge is -2.04. The standard InChI is InChI=1S/C21H17NO4/c1-25-18-10-7-15(8-11-18)19(23)14-26-20(24)12-9-17-5-2-4-16-6-3-13-22-21(16)17/h2-13H,14H2,1H3/b12-9+. The topological polar surface area (TPSA) is 65.5 Å². The molecule has 0 saturated heterocycles. The van der Waals surface area contributed by atoms with Crippen LogP contribution in [0.1, 0.15) is 15.9 Å². The highest BCUT2D eigenvalue weighted by Gasteiger charge is 2.09. The zero-order chi connectivity index (χ0) is 18.4. The van der Waals surface area contributed by atoms with Crippen LogP contribution >= 0.6 is 0 Å². The van der Waals surface area contributed by atoms with E-state index in [-0.39, 0.29) is 12.4 Å². The number of hydrogen-bond donors (Lipinski definition) is 0. The van der Waals surface area contributed by atoms with Gasteiger partial charge in [-0.2, -0.15) is 0 Å². The summed E-state index contributed by atoms with van der Waals surface area (Å²) in [5, 5.41) is 0.984. The first-order chi connectivity index (χ1) is 12.7. The van der Waals surface area contributed by atoms with Gasteiger partial charge in [0.1, 0.15) is 5.75 Å². The largest absolute Gasteiger partial charge is 0.497 e. The van der Waals surface area contributed by atoms with Crippen molar-refractivity contribution in [3.8, 4) is 5.75 Å². The van der Waals surface area contributed by atoms with E-state index in [1.165, 1.54) is 6.08 Å². The number of aromatic nitrogens is 1. The third-order valence-corrected chi connectivity index (χ3v) is 3.82. The molecule has 0 saturated carbocycles. The van der Waals surface area contributed by atoms with E-state index >= 15 is 0 Å². The lowest BCUT2D eigenvalue weighted by atomic mass is 10.1. The molecule has 5 nitrogen and oxygen atoms in total. The summed E-state index contributed by atoms with van der Waals surface area (Å²) in [5.41, 5.74) is 2.07. The fourth-order valence-corrected chi connectivity index (χ4v) is 2.47. The van der Waals surface area contributed by atoms with E-state index in [1.807, 2.05) is 30.3 Å². The van der Waals surface area contributed by atoms with Crippen LogP contribution in [0.25, 0.3) is 17.0 Å². The van der Waals surface area contributed by atoms with Crippen molar-refractivity contribution in [2.45, 2.75) is 0 Å². The number of ketones is 1. The number of benzene rings is 2. The lowest BCUT2D eigenvalue weighted by Crippen LogP contribution is -2.12. The maximum absolute atomic E-state index is 12.0. The lowest BCUT2D eigenvalue weighted by molar-refractivity contribution is -0.136. The van der Waals surface area contributed by atoms with Crippen molar-refractivity contribution in [2.75, 3.05) is 13.7 Å². The van der Waals surface area contributed by atoms with E-state index < -0.39 is 5.97 Å². The van der Waals surface area contributed by atoms with Gasteiger partial charge in [-0.05, 0) is 36.4 Å². The molecular weight excluding hydrogens is 330 g/mol. The number of esters is 1. The molecule has 0 atom stereocenters. The second-order valence-electron chi connectivity index (χ2n) is 5.52. The molecule has 2 aromatic carbocycles. The van der Waals surface area contributed by atoms with E-state index in [2.05, 4.69) is 4.98 Å². The minimum atomic E-state index is -0.584. The SMILES string of the molecule is COc1ccc(C(=O)COC(=O)/C=C/c2cccc3cccnc23)cc1. The van der Waals surface area contributed by atoms with Crippen molar-refractivity contribution in [3.05, 3.63) is 78.0 Å². The fraction of sp³-hybridized carbons (Fsp3) is 0.0952. The summed E-state index contributed by atoms with van der Waals surface area (Å²) in [5.74, 6) is -0.203. The van der Waals surface area contributed by atoms with Crippen LogP contribution in [0.4, 0.5) is 0 Å². The molecule has 0 amide bonds. The Kier molecular flexibility index (Phi) is 5.39. The molecule has 0 bridgehead atoms. The van der Waals surface area contributed by atoms with Crippen molar-refractivity contribution in [2.24, 2.45) is 0 Å². The number of rotatable bonds is 6. The molecule has 1 aromatic heterocycles. The third-order valence-electron chi connectivity index (χ3n) is 3.82. The van der Waals surface area contributed by atoms with E-state index in [1.54, 1.807) is 43.6 Å². The summed E-state index contributed by atoms with van der Waals surface area (Å²) in [4.78, 5) is 28.3. The summed E-state index contributed by atoms with van der Waals surface area (Å²) < 4.78 is 10.1. The molecule has 0 unspecified atom stereocenters. The van der Waals surface area contributed by atoms with Gasteiger partial charge in [-0.15, -0.1) is 0 Å². The minimum absolute atomic E-state index is 0.277.